The van der Waals surface area contributed by atoms with Crippen LogP contribution in [0.15, 0.2) is 42.5 Å². The van der Waals surface area contributed by atoms with Gasteiger partial charge in [-0.25, -0.2) is 0 Å². The fourth-order valence-corrected chi connectivity index (χ4v) is 2.27. The Kier molecular flexibility index (Phi) is 3.87. The van der Waals surface area contributed by atoms with Crippen LogP contribution >= 0.6 is 0 Å². The first-order valence-corrected chi connectivity index (χ1v) is 6.96. The average Bonchev–Trinajstić information content (AvgIpc) is 3.02. The molecule has 0 N–H and O–H groups in total. The second kappa shape index (κ2) is 5.97. The van der Waals surface area contributed by atoms with Gasteiger partial charge in [0, 0.05) is 18.8 Å². The number of ether oxygens (including phenoxy) is 3. The van der Waals surface area contributed by atoms with Crippen LogP contribution in [0.3, 0.4) is 0 Å². The number of hydrogen-bond donors (Lipinski definition) is 0. The van der Waals surface area contributed by atoms with Crippen molar-refractivity contribution in [3.8, 4) is 17.2 Å². The highest BCUT2D eigenvalue weighted by molar-refractivity contribution is 5.94. The molecule has 5 heteroatoms. The topological polar surface area (TPSA) is 48.0 Å². The Morgan fingerprint density at radius 2 is 1.86 bits per heavy atom. The van der Waals surface area contributed by atoms with Gasteiger partial charge < -0.3 is 19.1 Å². The van der Waals surface area contributed by atoms with E-state index in [-0.39, 0.29) is 12.7 Å². The Bertz CT molecular complexity index is 682. The molecule has 2 aromatic carbocycles. The molecule has 114 valence electrons. The number of likely N-dealkylation sites (N-methyl/N-ethyl adjacent to an activating group) is 1. The molecule has 5 nitrogen and oxygen atoms in total. The highest BCUT2D eigenvalue weighted by atomic mass is 16.7. The monoisotopic (exact) mass is 299 g/mol. The quantitative estimate of drug-likeness (QED) is 0.871. The highest BCUT2D eigenvalue weighted by Crippen LogP contribution is 2.35. The Morgan fingerprint density at radius 1 is 1.14 bits per heavy atom. The highest BCUT2D eigenvalue weighted by Gasteiger charge is 2.17. The average molecular weight is 299 g/mol. The molecule has 0 fully saturated rings. The first-order chi connectivity index (χ1) is 10.7. The van der Waals surface area contributed by atoms with Crippen molar-refractivity contribution in [2.75, 3.05) is 25.9 Å². The van der Waals surface area contributed by atoms with E-state index in [9.17, 15) is 4.79 Å². The molecular weight excluding hydrogens is 282 g/mol. The molecule has 0 bridgehead atoms. The number of hydrogen-bond acceptors (Lipinski definition) is 4. The smallest absolute Gasteiger partial charge is 0.231 e. The lowest BCUT2D eigenvalue weighted by molar-refractivity contribution is -0.117. The minimum absolute atomic E-state index is 0.00373. The summed E-state index contributed by atoms with van der Waals surface area (Å²) in [5.74, 6) is 2.16. The summed E-state index contributed by atoms with van der Waals surface area (Å²) in [6, 6.07) is 13.0. The maximum Gasteiger partial charge on any atom is 0.231 e. The lowest BCUT2D eigenvalue weighted by atomic mass is 10.1. The summed E-state index contributed by atoms with van der Waals surface area (Å²) in [6.07, 6.45) is 0.328. The Balaban J connectivity index is 1.71. The lowest BCUT2D eigenvalue weighted by Crippen LogP contribution is -2.27. The fraction of sp³-hybridized carbons (Fsp3) is 0.235. The predicted octanol–water partition coefficient (Wildman–Crippen LogP) is 2.63. The summed E-state index contributed by atoms with van der Waals surface area (Å²) in [7, 11) is 3.37. The zero-order valence-electron chi connectivity index (χ0n) is 12.5. The van der Waals surface area contributed by atoms with E-state index in [1.807, 2.05) is 42.5 Å². The second-order valence-electron chi connectivity index (χ2n) is 5.02. The van der Waals surface area contributed by atoms with Gasteiger partial charge in [-0.05, 0) is 29.8 Å². The lowest BCUT2D eigenvalue weighted by Gasteiger charge is -2.18. The van der Waals surface area contributed by atoms with Gasteiger partial charge in [0.1, 0.15) is 5.75 Å². The molecular formula is C17H17NO4. The van der Waals surface area contributed by atoms with Gasteiger partial charge in [0.2, 0.25) is 12.7 Å². The van der Waals surface area contributed by atoms with Crippen LogP contribution in [0.25, 0.3) is 0 Å². The minimum atomic E-state index is 0.00373. The van der Waals surface area contributed by atoms with Gasteiger partial charge in [-0.2, -0.15) is 0 Å². The van der Waals surface area contributed by atoms with Crippen LogP contribution in [0.2, 0.25) is 0 Å². The first kappa shape index (κ1) is 14.3. The Hall–Kier alpha value is -2.69. The van der Waals surface area contributed by atoms with Gasteiger partial charge in [0.15, 0.2) is 11.5 Å². The number of benzene rings is 2. The number of amides is 1. The summed E-state index contributed by atoms with van der Waals surface area (Å²) in [6.45, 7) is 0.224. The molecule has 1 aliphatic rings. The number of carbonyl (C=O) groups excluding carboxylic acids is 1. The van der Waals surface area contributed by atoms with Crippen LogP contribution in [0.5, 0.6) is 17.2 Å². The van der Waals surface area contributed by atoms with E-state index < -0.39 is 0 Å². The molecule has 0 radical (unpaired) electrons. The third-order valence-corrected chi connectivity index (χ3v) is 3.63. The summed E-state index contributed by atoms with van der Waals surface area (Å²) in [5.41, 5.74) is 1.72. The maximum atomic E-state index is 12.4. The van der Waals surface area contributed by atoms with E-state index in [1.54, 1.807) is 19.1 Å². The molecule has 0 saturated heterocycles. The molecule has 0 unspecified atom stereocenters. The number of rotatable bonds is 4. The predicted molar refractivity (Wildman–Crippen MR) is 82.7 cm³/mol. The molecule has 0 aromatic heterocycles. The van der Waals surface area contributed by atoms with Crippen molar-refractivity contribution in [2.24, 2.45) is 0 Å². The van der Waals surface area contributed by atoms with Crippen molar-refractivity contribution in [3.05, 3.63) is 48.0 Å². The first-order valence-electron chi connectivity index (χ1n) is 6.96. The SMILES string of the molecule is COc1ccc(CC(=O)N(C)c2ccc3c(c2)OCO3)cc1. The van der Waals surface area contributed by atoms with Crippen molar-refractivity contribution in [2.45, 2.75) is 6.42 Å². The molecule has 0 aliphatic carbocycles. The molecule has 1 amide bonds. The van der Waals surface area contributed by atoms with Gasteiger partial charge >= 0.3 is 0 Å². The van der Waals surface area contributed by atoms with E-state index in [0.717, 1.165) is 17.0 Å². The number of methoxy groups -OCH3 is 1. The van der Waals surface area contributed by atoms with Crippen molar-refractivity contribution in [1.82, 2.24) is 0 Å². The molecule has 1 aliphatic heterocycles. The molecule has 3 rings (SSSR count). The van der Waals surface area contributed by atoms with Crippen molar-refractivity contribution < 1.29 is 19.0 Å². The van der Waals surface area contributed by atoms with Crippen molar-refractivity contribution in [3.63, 3.8) is 0 Å². The molecule has 0 atom stereocenters. The van der Waals surface area contributed by atoms with Gasteiger partial charge in [0.25, 0.3) is 0 Å². The van der Waals surface area contributed by atoms with Gasteiger partial charge in [0.05, 0.1) is 13.5 Å². The van der Waals surface area contributed by atoms with Crippen LogP contribution in [-0.4, -0.2) is 26.9 Å². The summed E-state index contributed by atoms with van der Waals surface area (Å²) in [4.78, 5) is 14.0. The Labute approximate surface area is 129 Å². The van der Waals surface area contributed by atoms with Crippen LogP contribution < -0.4 is 19.1 Å². The fourth-order valence-electron chi connectivity index (χ4n) is 2.27. The Morgan fingerprint density at radius 3 is 2.59 bits per heavy atom. The van der Waals surface area contributed by atoms with Crippen molar-refractivity contribution in [1.29, 1.82) is 0 Å². The standard InChI is InChI=1S/C17H17NO4/c1-18(13-5-8-15-16(10-13)22-11-21-15)17(19)9-12-3-6-14(20-2)7-4-12/h3-8,10H,9,11H2,1-2H3. The van der Waals surface area contributed by atoms with Crippen molar-refractivity contribution >= 4 is 11.6 Å². The van der Waals surface area contributed by atoms with Crippen LogP contribution in [0.4, 0.5) is 5.69 Å². The zero-order valence-corrected chi connectivity index (χ0v) is 12.5. The van der Waals surface area contributed by atoms with Gasteiger partial charge in [-0.3, -0.25) is 4.79 Å². The molecule has 2 aromatic rings. The number of nitrogens with zero attached hydrogens (tertiary/aromatic N) is 1. The third-order valence-electron chi connectivity index (χ3n) is 3.63. The summed E-state index contributed by atoms with van der Waals surface area (Å²) >= 11 is 0. The second-order valence-corrected chi connectivity index (χ2v) is 5.02. The maximum absolute atomic E-state index is 12.4. The number of anilines is 1. The van der Waals surface area contributed by atoms with E-state index in [4.69, 9.17) is 14.2 Å². The van der Waals surface area contributed by atoms with E-state index in [1.165, 1.54) is 0 Å². The van der Waals surface area contributed by atoms with Gasteiger partial charge in [-0.15, -0.1) is 0 Å². The largest absolute Gasteiger partial charge is 0.497 e. The number of fused-ring (bicyclic) bond motifs is 1. The number of carbonyl (C=O) groups is 1. The van der Waals surface area contributed by atoms with E-state index >= 15 is 0 Å². The molecule has 22 heavy (non-hydrogen) atoms. The van der Waals surface area contributed by atoms with Crippen LogP contribution in [-0.2, 0) is 11.2 Å². The van der Waals surface area contributed by atoms with Crippen LogP contribution in [0.1, 0.15) is 5.56 Å². The normalized spacial score (nSPS) is 12.1. The third kappa shape index (κ3) is 2.83. The van der Waals surface area contributed by atoms with Gasteiger partial charge in [-0.1, -0.05) is 12.1 Å². The van der Waals surface area contributed by atoms with E-state index in [2.05, 4.69) is 0 Å². The van der Waals surface area contributed by atoms with Crippen LogP contribution in [0, 0.1) is 0 Å². The zero-order chi connectivity index (χ0) is 15.5. The molecule has 1 heterocycles. The summed E-state index contributed by atoms with van der Waals surface area (Å²) < 4.78 is 15.7. The minimum Gasteiger partial charge on any atom is -0.497 e. The van der Waals surface area contributed by atoms with E-state index in [0.29, 0.717) is 17.9 Å². The summed E-state index contributed by atoms with van der Waals surface area (Å²) in [5, 5.41) is 0. The molecule has 0 saturated carbocycles. The molecule has 0 spiro atoms.